The molecule has 1 aromatic carbocycles. The van der Waals surface area contributed by atoms with Gasteiger partial charge in [-0.3, -0.25) is 10.2 Å². The summed E-state index contributed by atoms with van der Waals surface area (Å²) < 4.78 is 1.62. The summed E-state index contributed by atoms with van der Waals surface area (Å²) in [5.41, 5.74) is 8.21. The first-order chi connectivity index (χ1) is 15.8. The van der Waals surface area contributed by atoms with Gasteiger partial charge in [-0.05, 0) is 24.0 Å². The van der Waals surface area contributed by atoms with Crippen molar-refractivity contribution in [3.8, 4) is 11.1 Å². The summed E-state index contributed by atoms with van der Waals surface area (Å²) in [6.45, 7) is 0.139. The second-order valence-electron chi connectivity index (χ2n) is 8.37. The molecular formula is C23H27N8O2+. The lowest BCUT2D eigenvalue weighted by molar-refractivity contribution is -0.129. The van der Waals surface area contributed by atoms with Crippen molar-refractivity contribution in [2.24, 2.45) is 4.99 Å². The van der Waals surface area contributed by atoms with Gasteiger partial charge in [-0.2, -0.15) is 0 Å². The number of nitrogens with one attached hydrogen (secondary N) is 1. The molecule has 2 heterocycles. The fraction of sp³-hybridized carbons (Fsp3) is 0.304. The minimum Gasteiger partial charge on any atom is -0.577 e. The van der Waals surface area contributed by atoms with Gasteiger partial charge in [0.2, 0.25) is 11.9 Å². The molecular weight excluding hydrogens is 420 g/mol. The standard InChI is InChI=1S/C23H26N8O2/c1-30(2)19(32)13-31-12-18(28-14-31)20(33)29-21(24)23(8-3-9-23)17-6-4-15(5-7-17)16-10-26-22(25)27-11-16/h4-7,10-12,14H,3,8-9,13H2,1-2H3,(H2,24,29,33)(H2,25,26,27)/p+1. The summed E-state index contributed by atoms with van der Waals surface area (Å²) in [5.74, 6) is 0.229. The van der Waals surface area contributed by atoms with Crippen LogP contribution in [0.3, 0.4) is 0 Å². The van der Waals surface area contributed by atoms with Crippen molar-refractivity contribution < 1.29 is 9.90 Å². The van der Waals surface area contributed by atoms with E-state index in [0.29, 0.717) is 5.69 Å². The monoisotopic (exact) mass is 447 g/mol. The highest BCUT2D eigenvalue weighted by Crippen LogP contribution is 2.45. The van der Waals surface area contributed by atoms with Crippen LogP contribution in [-0.4, -0.2) is 61.3 Å². The Balaban J connectivity index is 1.53. The zero-order chi connectivity index (χ0) is 23.6. The molecule has 5 N–H and O–H groups in total. The Hall–Kier alpha value is -4.08. The smallest absolute Gasteiger partial charge is 0.386 e. The van der Waals surface area contributed by atoms with Crippen molar-refractivity contribution in [1.82, 2.24) is 24.4 Å². The molecule has 0 saturated heterocycles. The predicted octanol–water partition coefficient (Wildman–Crippen LogP) is 1.58. The number of carbonyl (C=O) groups excluding carboxylic acids is 1. The third-order valence-corrected chi connectivity index (χ3v) is 6.02. The molecule has 0 radical (unpaired) electrons. The second-order valence-corrected chi connectivity index (χ2v) is 8.37. The van der Waals surface area contributed by atoms with E-state index in [1.165, 1.54) is 11.2 Å². The number of amidine groups is 1. The number of hydrogen-bond donors (Lipinski definition) is 2. The Morgan fingerprint density at radius 2 is 1.85 bits per heavy atom. The number of aromatic nitrogens is 4. The minimum absolute atomic E-state index is 0.0717. The maximum atomic E-state index is 11.9. The van der Waals surface area contributed by atoms with Crippen LogP contribution in [0.15, 0.2) is 54.2 Å². The Morgan fingerprint density at radius 1 is 1.18 bits per heavy atom. The summed E-state index contributed by atoms with van der Waals surface area (Å²) in [6.07, 6.45) is 9.08. The molecule has 0 spiro atoms. The van der Waals surface area contributed by atoms with Crippen LogP contribution >= 0.6 is 0 Å². The number of hydrogen-bond acceptors (Lipinski definition) is 6. The van der Waals surface area contributed by atoms with Crippen molar-refractivity contribution in [3.63, 3.8) is 0 Å². The lowest BCUT2D eigenvalue weighted by Crippen LogP contribution is -2.41. The number of nitrogens with two attached hydrogens (primary N) is 1. The van der Waals surface area contributed by atoms with E-state index in [1.54, 1.807) is 37.3 Å². The molecule has 0 bridgehead atoms. The van der Waals surface area contributed by atoms with Gasteiger partial charge in [0.25, 0.3) is 0 Å². The molecule has 4 rings (SSSR count). The minimum atomic E-state index is -0.508. The molecule has 10 heteroatoms. The molecule has 1 saturated carbocycles. The first kappa shape index (κ1) is 22.1. The van der Waals surface area contributed by atoms with Crippen LogP contribution in [0.25, 0.3) is 11.1 Å². The largest absolute Gasteiger partial charge is 0.577 e. The Labute approximate surface area is 191 Å². The first-order valence-electron chi connectivity index (χ1n) is 10.6. The van der Waals surface area contributed by atoms with E-state index in [9.17, 15) is 4.79 Å². The molecule has 10 nitrogen and oxygen atoms in total. The van der Waals surface area contributed by atoms with Crippen LogP contribution in [0.2, 0.25) is 0 Å². The average molecular weight is 448 g/mol. The first-order valence-corrected chi connectivity index (χ1v) is 10.6. The second kappa shape index (κ2) is 8.81. The molecule has 33 heavy (non-hydrogen) atoms. The van der Waals surface area contributed by atoms with Crippen LogP contribution < -0.4 is 5.73 Å². The van der Waals surface area contributed by atoms with Gasteiger partial charge in [-0.1, -0.05) is 30.7 Å². The average Bonchev–Trinajstić information content (AvgIpc) is 3.22. The van der Waals surface area contributed by atoms with Gasteiger partial charge in [0.05, 0.1) is 11.7 Å². The molecule has 0 atom stereocenters. The number of aliphatic imine (C=N–C) groups is 1. The molecule has 2 aromatic heterocycles. The summed E-state index contributed by atoms with van der Waals surface area (Å²) in [7, 11) is 3.37. The lowest BCUT2D eigenvalue weighted by Gasteiger charge is -2.41. The van der Waals surface area contributed by atoms with E-state index in [4.69, 9.17) is 16.2 Å². The third kappa shape index (κ3) is 4.45. The van der Waals surface area contributed by atoms with Crippen LogP contribution in [0.4, 0.5) is 5.95 Å². The van der Waals surface area contributed by atoms with Crippen molar-refractivity contribution in [3.05, 3.63) is 60.4 Å². The van der Waals surface area contributed by atoms with Crippen LogP contribution in [-0.2, 0) is 16.8 Å². The maximum Gasteiger partial charge on any atom is 0.386 e. The van der Waals surface area contributed by atoms with Gasteiger partial charge in [-0.15, -0.1) is 4.99 Å². The summed E-state index contributed by atoms with van der Waals surface area (Å²) in [4.78, 5) is 29.9. The van der Waals surface area contributed by atoms with Crippen LogP contribution in [0.1, 0.15) is 30.5 Å². The molecule has 0 unspecified atom stereocenters. The van der Waals surface area contributed by atoms with Crippen LogP contribution in [0, 0.1) is 5.41 Å². The summed E-state index contributed by atoms with van der Waals surface area (Å²) >= 11 is 0. The maximum absolute atomic E-state index is 11.9. The molecule has 3 aromatic rings. The number of imidazole rings is 1. The molecule has 1 aliphatic carbocycles. The number of amides is 1. The highest BCUT2D eigenvalue weighted by atomic mass is 16.3. The Bertz CT molecular complexity index is 1190. The third-order valence-electron chi connectivity index (χ3n) is 6.02. The van der Waals surface area contributed by atoms with Crippen LogP contribution in [0.5, 0.6) is 0 Å². The van der Waals surface area contributed by atoms with Crippen molar-refractivity contribution in [2.75, 3.05) is 19.8 Å². The molecule has 1 amide bonds. The van der Waals surface area contributed by atoms with E-state index in [0.717, 1.165) is 36.0 Å². The van der Waals surface area contributed by atoms with Gasteiger partial charge >= 0.3 is 5.90 Å². The van der Waals surface area contributed by atoms with Crippen molar-refractivity contribution in [1.29, 1.82) is 5.41 Å². The number of likely N-dealkylation sites (N-methyl/N-ethyl adjacent to an activating group) is 1. The van der Waals surface area contributed by atoms with Crippen molar-refractivity contribution in [2.45, 2.75) is 31.2 Å². The summed E-state index contributed by atoms with van der Waals surface area (Å²) in [5, 5.41) is 17.0. The van der Waals surface area contributed by atoms with E-state index < -0.39 is 5.41 Å². The summed E-state index contributed by atoms with van der Waals surface area (Å²) in [6, 6.07) is 7.96. The Kier molecular flexibility index (Phi) is 5.91. The predicted molar refractivity (Wildman–Crippen MR) is 126 cm³/mol. The molecule has 1 aliphatic rings. The highest BCUT2D eigenvalue weighted by molar-refractivity contribution is 6.04. The van der Waals surface area contributed by atoms with Crippen molar-refractivity contribution >= 4 is 23.6 Å². The van der Waals surface area contributed by atoms with E-state index in [1.807, 2.05) is 24.3 Å². The van der Waals surface area contributed by atoms with E-state index in [2.05, 4.69) is 19.9 Å². The lowest BCUT2D eigenvalue weighted by atomic mass is 9.63. The normalized spacial score (nSPS) is 15.0. The molecule has 0 aliphatic heterocycles. The van der Waals surface area contributed by atoms with Gasteiger partial charge in [0.15, 0.2) is 5.69 Å². The quantitative estimate of drug-likeness (QED) is 0.334. The zero-order valence-electron chi connectivity index (χ0n) is 18.6. The van der Waals surface area contributed by atoms with Gasteiger partial charge < -0.3 is 20.3 Å². The van der Waals surface area contributed by atoms with Gasteiger partial charge in [0.1, 0.15) is 12.4 Å². The topological polar surface area (TPSA) is 149 Å². The van der Waals surface area contributed by atoms with Gasteiger partial charge in [-0.25, -0.2) is 15.0 Å². The SMILES string of the molecule is CN(C)C(=O)Cn1cnc(C([OH2+])=NC(=N)C2(c3ccc(-c4cnc(N)nc4)cc3)CCC2)c1. The molecule has 1 fully saturated rings. The number of rotatable bonds is 6. The number of nitrogen functional groups attached to an aromatic ring is 1. The highest BCUT2D eigenvalue weighted by Gasteiger charge is 2.43. The van der Waals surface area contributed by atoms with Gasteiger partial charge in [0, 0.05) is 38.2 Å². The fourth-order valence-electron chi connectivity index (χ4n) is 3.80. The number of anilines is 1. The fourth-order valence-corrected chi connectivity index (χ4v) is 3.80. The van der Waals surface area contributed by atoms with E-state index >= 15 is 0 Å². The zero-order valence-corrected chi connectivity index (χ0v) is 18.6. The van der Waals surface area contributed by atoms with E-state index in [-0.39, 0.29) is 30.1 Å². The molecule has 170 valence electrons. The number of carbonyl (C=O) groups is 1. The number of nitrogens with zero attached hydrogens (tertiary/aromatic N) is 6. The number of benzene rings is 1. The Morgan fingerprint density at radius 3 is 2.42 bits per heavy atom.